The van der Waals surface area contributed by atoms with Gasteiger partial charge in [0.2, 0.25) is 0 Å². The fourth-order valence-electron chi connectivity index (χ4n) is 3.17. The third-order valence-electron chi connectivity index (χ3n) is 4.40. The van der Waals surface area contributed by atoms with Crippen LogP contribution in [0.5, 0.6) is 0 Å². The molecule has 0 amide bonds. The average molecular weight is 249 g/mol. The highest BCUT2D eigenvalue weighted by atomic mass is 16.4. The molecule has 0 unspecified atom stereocenters. The second-order valence-electron chi connectivity index (χ2n) is 6.54. The summed E-state index contributed by atoms with van der Waals surface area (Å²) in [6.45, 7) is 6.91. The summed E-state index contributed by atoms with van der Waals surface area (Å²) < 4.78 is 0. The van der Waals surface area contributed by atoms with E-state index in [1.54, 1.807) is 6.20 Å². The second kappa shape index (κ2) is 4.79. The SMILES string of the molecule is CC(C)(C)C1CCC(c2c[nH]cc2C(=O)O)CC1. The summed E-state index contributed by atoms with van der Waals surface area (Å²) in [6.07, 6.45) is 8.11. The van der Waals surface area contributed by atoms with E-state index in [2.05, 4.69) is 25.8 Å². The maximum atomic E-state index is 11.1. The summed E-state index contributed by atoms with van der Waals surface area (Å²) in [5.41, 5.74) is 1.82. The van der Waals surface area contributed by atoms with E-state index >= 15 is 0 Å². The number of hydrogen-bond donors (Lipinski definition) is 2. The molecule has 2 N–H and O–H groups in total. The standard InChI is InChI=1S/C15H23NO2/c1-15(2,3)11-6-4-10(5-7-11)12-8-16-9-13(12)14(17)18/h8-11,16H,4-7H2,1-3H3,(H,17,18). The minimum atomic E-state index is -0.816. The number of H-pyrrole nitrogens is 1. The first kappa shape index (κ1) is 13.2. The molecular formula is C15H23NO2. The van der Waals surface area contributed by atoms with E-state index in [9.17, 15) is 4.79 Å². The summed E-state index contributed by atoms with van der Waals surface area (Å²) in [4.78, 5) is 14.1. The Morgan fingerprint density at radius 1 is 1.22 bits per heavy atom. The number of carbonyl (C=O) groups is 1. The number of carboxylic acids is 1. The van der Waals surface area contributed by atoms with Gasteiger partial charge in [-0.25, -0.2) is 4.79 Å². The number of aromatic amines is 1. The van der Waals surface area contributed by atoms with Gasteiger partial charge in [-0.2, -0.15) is 0 Å². The Hall–Kier alpha value is -1.25. The molecule has 100 valence electrons. The molecule has 0 spiro atoms. The van der Waals surface area contributed by atoms with Crippen molar-refractivity contribution in [2.75, 3.05) is 0 Å². The van der Waals surface area contributed by atoms with Gasteiger partial charge in [0.1, 0.15) is 0 Å². The van der Waals surface area contributed by atoms with Crippen molar-refractivity contribution in [3.8, 4) is 0 Å². The molecule has 3 heteroatoms. The van der Waals surface area contributed by atoms with Crippen LogP contribution < -0.4 is 0 Å². The maximum Gasteiger partial charge on any atom is 0.337 e. The Kier molecular flexibility index (Phi) is 3.51. The van der Waals surface area contributed by atoms with Gasteiger partial charge in [-0.05, 0) is 48.5 Å². The third-order valence-corrected chi connectivity index (χ3v) is 4.40. The normalized spacial score (nSPS) is 25.1. The van der Waals surface area contributed by atoms with Crippen LogP contribution in [0.2, 0.25) is 0 Å². The van der Waals surface area contributed by atoms with Gasteiger partial charge in [0.25, 0.3) is 0 Å². The van der Waals surface area contributed by atoms with Gasteiger partial charge in [0.05, 0.1) is 5.56 Å². The number of hydrogen-bond acceptors (Lipinski definition) is 1. The molecule has 1 fully saturated rings. The topological polar surface area (TPSA) is 53.1 Å². The lowest BCUT2D eigenvalue weighted by Gasteiger charge is -2.37. The van der Waals surface area contributed by atoms with Crippen LogP contribution in [0.25, 0.3) is 0 Å². The molecule has 1 saturated carbocycles. The average Bonchev–Trinajstić information content (AvgIpc) is 2.77. The first-order valence-electron chi connectivity index (χ1n) is 6.79. The van der Waals surface area contributed by atoms with Crippen molar-refractivity contribution in [3.63, 3.8) is 0 Å². The molecule has 0 saturated heterocycles. The zero-order valence-corrected chi connectivity index (χ0v) is 11.5. The number of aromatic nitrogens is 1. The third kappa shape index (κ3) is 2.60. The fourth-order valence-corrected chi connectivity index (χ4v) is 3.17. The van der Waals surface area contributed by atoms with E-state index in [0.717, 1.165) is 24.3 Å². The Morgan fingerprint density at radius 3 is 2.33 bits per heavy atom. The molecule has 18 heavy (non-hydrogen) atoms. The summed E-state index contributed by atoms with van der Waals surface area (Å²) in [5.74, 6) is 0.367. The van der Waals surface area contributed by atoms with Crippen LogP contribution in [-0.4, -0.2) is 16.1 Å². The zero-order valence-electron chi connectivity index (χ0n) is 11.5. The molecule has 0 bridgehead atoms. The smallest absolute Gasteiger partial charge is 0.337 e. The fraction of sp³-hybridized carbons (Fsp3) is 0.667. The largest absolute Gasteiger partial charge is 0.478 e. The van der Waals surface area contributed by atoms with E-state index in [0.29, 0.717) is 16.9 Å². The Labute approximate surface area is 109 Å². The zero-order chi connectivity index (χ0) is 13.3. The molecule has 1 aliphatic carbocycles. The Morgan fingerprint density at radius 2 is 1.83 bits per heavy atom. The van der Waals surface area contributed by atoms with Crippen molar-refractivity contribution in [2.24, 2.45) is 11.3 Å². The highest BCUT2D eigenvalue weighted by molar-refractivity contribution is 5.89. The predicted octanol–water partition coefficient (Wildman–Crippen LogP) is 4.03. The molecule has 0 atom stereocenters. The minimum absolute atomic E-state index is 0.374. The molecule has 1 aromatic heterocycles. The lowest BCUT2D eigenvalue weighted by atomic mass is 9.68. The van der Waals surface area contributed by atoms with Gasteiger partial charge in [0.15, 0.2) is 0 Å². The van der Waals surface area contributed by atoms with E-state index in [-0.39, 0.29) is 0 Å². The van der Waals surface area contributed by atoms with Gasteiger partial charge in [-0.1, -0.05) is 20.8 Å². The number of carboxylic acid groups (broad SMARTS) is 1. The van der Waals surface area contributed by atoms with E-state index < -0.39 is 5.97 Å². The van der Waals surface area contributed by atoms with Gasteiger partial charge < -0.3 is 10.1 Å². The lowest BCUT2D eigenvalue weighted by molar-refractivity contribution is 0.0694. The van der Waals surface area contributed by atoms with E-state index in [1.165, 1.54) is 12.8 Å². The molecule has 2 rings (SSSR count). The van der Waals surface area contributed by atoms with E-state index in [4.69, 9.17) is 5.11 Å². The molecule has 1 aromatic rings. The lowest BCUT2D eigenvalue weighted by Crippen LogP contribution is -2.25. The molecule has 0 radical (unpaired) electrons. The van der Waals surface area contributed by atoms with Gasteiger partial charge in [-0.15, -0.1) is 0 Å². The summed E-state index contributed by atoms with van der Waals surface area (Å²) in [6, 6.07) is 0. The molecular weight excluding hydrogens is 226 g/mol. The van der Waals surface area contributed by atoms with Crippen molar-refractivity contribution in [1.82, 2.24) is 4.98 Å². The van der Waals surface area contributed by atoms with Gasteiger partial charge in [-0.3, -0.25) is 0 Å². The van der Waals surface area contributed by atoms with Gasteiger partial charge >= 0.3 is 5.97 Å². The van der Waals surface area contributed by atoms with Crippen LogP contribution in [0.1, 0.15) is 68.3 Å². The molecule has 0 aromatic carbocycles. The van der Waals surface area contributed by atoms with Crippen LogP contribution in [0, 0.1) is 11.3 Å². The summed E-state index contributed by atoms with van der Waals surface area (Å²) >= 11 is 0. The Bertz CT molecular complexity index is 420. The van der Waals surface area contributed by atoms with Crippen LogP contribution in [0.15, 0.2) is 12.4 Å². The number of aromatic carboxylic acids is 1. The maximum absolute atomic E-state index is 11.1. The molecule has 1 aliphatic rings. The van der Waals surface area contributed by atoms with E-state index in [1.807, 2.05) is 6.20 Å². The summed E-state index contributed by atoms with van der Waals surface area (Å²) in [5, 5.41) is 9.15. The van der Waals surface area contributed by atoms with Crippen LogP contribution in [0.4, 0.5) is 0 Å². The van der Waals surface area contributed by atoms with Crippen molar-refractivity contribution in [3.05, 3.63) is 23.5 Å². The highest BCUT2D eigenvalue weighted by Crippen LogP contribution is 2.43. The summed E-state index contributed by atoms with van der Waals surface area (Å²) in [7, 11) is 0. The first-order chi connectivity index (χ1) is 8.39. The molecule has 3 nitrogen and oxygen atoms in total. The molecule has 1 heterocycles. The second-order valence-corrected chi connectivity index (χ2v) is 6.54. The van der Waals surface area contributed by atoms with Crippen LogP contribution in [-0.2, 0) is 0 Å². The minimum Gasteiger partial charge on any atom is -0.478 e. The predicted molar refractivity (Wildman–Crippen MR) is 71.9 cm³/mol. The van der Waals surface area contributed by atoms with Crippen LogP contribution in [0.3, 0.4) is 0 Å². The van der Waals surface area contributed by atoms with Crippen LogP contribution >= 0.6 is 0 Å². The van der Waals surface area contributed by atoms with Crippen molar-refractivity contribution in [2.45, 2.75) is 52.4 Å². The quantitative estimate of drug-likeness (QED) is 0.831. The monoisotopic (exact) mass is 249 g/mol. The highest BCUT2D eigenvalue weighted by Gasteiger charge is 2.31. The Balaban J connectivity index is 2.06. The van der Waals surface area contributed by atoms with Crippen molar-refractivity contribution < 1.29 is 9.90 Å². The molecule has 0 aliphatic heterocycles. The van der Waals surface area contributed by atoms with Crippen molar-refractivity contribution in [1.29, 1.82) is 0 Å². The van der Waals surface area contributed by atoms with Crippen molar-refractivity contribution >= 4 is 5.97 Å². The number of nitrogens with one attached hydrogen (secondary N) is 1. The first-order valence-corrected chi connectivity index (χ1v) is 6.79. The van der Waals surface area contributed by atoms with Gasteiger partial charge in [0, 0.05) is 12.4 Å². The number of rotatable bonds is 2.